The van der Waals surface area contributed by atoms with Crippen LogP contribution in [0.3, 0.4) is 0 Å². The molecule has 0 amide bonds. The van der Waals surface area contributed by atoms with Crippen LogP contribution in [0.15, 0.2) is 28.7 Å². The van der Waals surface area contributed by atoms with E-state index in [-0.39, 0.29) is 11.6 Å². The third-order valence-electron chi connectivity index (χ3n) is 3.36. The number of aryl methyl sites for hydroxylation is 2. The molecule has 0 radical (unpaired) electrons. The van der Waals surface area contributed by atoms with Gasteiger partial charge in [-0.05, 0) is 61.7 Å². The summed E-state index contributed by atoms with van der Waals surface area (Å²) in [5.74, 6) is -0.422. The topological polar surface area (TPSA) is 43.1 Å². The maximum Gasteiger partial charge on any atom is 0.193 e. The fourth-order valence-electron chi connectivity index (χ4n) is 2.17. The fourth-order valence-corrected chi connectivity index (χ4v) is 2.64. The molecule has 20 heavy (non-hydrogen) atoms. The largest absolute Gasteiger partial charge is 0.398 e. The molecule has 0 aliphatic carbocycles. The monoisotopic (exact) mass is 335 g/mol. The van der Waals surface area contributed by atoms with Gasteiger partial charge >= 0.3 is 0 Å². The maximum absolute atomic E-state index is 13.6. The van der Waals surface area contributed by atoms with Crippen LogP contribution in [0.5, 0.6) is 0 Å². The van der Waals surface area contributed by atoms with Crippen LogP contribution < -0.4 is 5.73 Å². The molecule has 0 fully saturated rings. The van der Waals surface area contributed by atoms with Crippen LogP contribution in [0.25, 0.3) is 0 Å². The number of rotatable bonds is 2. The van der Waals surface area contributed by atoms with E-state index in [0.717, 1.165) is 10.0 Å². The summed E-state index contributed by atoms with van der Waals surface area (Å²) in [6.07, 6.45) is 0. The average molecular weight is 336 g/mol. The summed E-state index contributed by atoms with van der Waals surface area (Å²) >= 11 is 3.34. The Kier molecular flexibility index (Phi) is 3.95. The summed E-state index contributed by atoms with van der Waals surface area (Å²) in [5, 5.41) is 0. The second-order valence-electron chi connectivity index (χ2n) is 4.92. The van der Waals surface area contributed by atoms with E-state index in [4.69, 9.17) is 5.73 Å². The lowest BCUT2D eigenvalue weighted by Gasteiger charge is -2.10. The molecule has 0 aliphatic heterocycles. The summed E-state index contributed by atoms with van der Waals surface area (Å²) in [7, 11) is 0. The van der Waals surface area contributed by atoms with Gasteiger partial charge in [0.15, 0.2) is 5.78 Å². The van der Waals surface area contributed by atoms with Gasteiger partial charge in [-0.2, -0.15) is 0 Å². The molecule has 4 heteroatoms. The van der Waals surface area contributed by atoms with E-state index in [1.54, 1.807) is 45.0 Å². The summed E-state index contributed by atoms with van der Waals surface area (Å²) in [6.45, 7) is 5.11. The molecule has 2 N–H and O–H groups in total. The van der Waals surface area contributed by atoms with E-state index in [2.05, 4.69) is 15.9 Å². The van der Waals surface area contributed by atoms with Crippen molar-refractivity contribution in [1.29, 1.82) is 0 Å². The van der Waals surface area contributed by atoms with Gasteiger partial charge < -0.3 is 5.73 Å². The zero-order valence-corrected chi connectivity index (χ0v) is 13.1. The summed E-state index contributed by atoms with van der Waals surface area (Å²) in [5.41, 5.74) is 9.10. The number of carbonyl (C=O) groups is 1. The summed E-state index contributed by atoms with van der Waals surface area (Å²) in [6, 6.07) is 6.64. The minimum Gasteiger partial charge on any atom is -0.398 e. The van der Waals surface area contributed by atoms with Crippen LogP contribution in [0.2, 0.25) is 0 Å². The Labute approximate surface area is 125 Å². The Bertz CT molecular complexity index is 687. The molecule has 0 spiro atoms. The number of halogens is 2. The molecule has 2 aromatic carbocycles. The van der Waals surface area contributed by atoms with Crippen molar-refractivity contribution in [2.45, 2.75) is 20.8 Å². The van der Waals surface area contributed by atoms with Gasteiger partial charge in [-0.15, -0.1) is 0 Å². The number of nitrogens with two attached hydrogens (primary N) is 1. The zero-order chi connectivity index (χ0) is 15.0. The molecule has 0 saturated carbocycles. The highest BCUT2D eigenvalue weighted by Crippen LogP contribution is 2.26. The molecule has 2 rings (SSSR count). The smallest absolute Gasteiger partial charge is 0.193 e. The Balaban J connectivity index is 2.58. The minimum absolute atomic E-state index is 0.151. The summed E-state index contributed by atoms with van der Waals surface area (Å²) < 4.78 is 14.4. The first-order valence-corrected chi connectivity index (χ1v) is 6.97. The number of anilines is 1. The van der Waals surface area contributed by atoms with Crippen molar-refractivity contribution in [3.63, 3.8) is 0 Å². The predicted octanol–water partition coefficient (Wildman–Crippen LogP) is 4.33. The van der Waals surface area contributed by atoms with E-state index >= 15 is 0 Å². The normalized spacial score (nSPS) is 10.7. The lowest BCUT2D eigenvalue weighted by Crippen LogP contribution is -2.07. The molecule has 2 aromatic rings. The highest BCUT2D eigenvalue weighted by atomic mass is 79.9. The highest BCUT2D eigenvalue weighted by molar-refractivity contribution is 9.10. The molecule has 0 bridgehead atoms. The number of carbonyl (C=O) groups excluding carboxylic acids is 1. The fraction of sp³-hybridized carbons (Fsp3) is 0.188. The highest BCUT2D eigenvalue weighted by Gasteiger charge is 2.16. The molecular formula is C16H15BrFNO. The van der Waals surface area contributed by atoms with Crippen LogP contribution in [0, 0.1) is 26.6 Å². The molecule has 104 valence electrons. The SMILES string of the molecule is Cc1cc(C(=O)c2cc(Br)cc(N)c2C)cc(C)c1F. The van der Waals surface area contributed by atoms with Gasteiger partial charge in [0, 0.05) is 21.3 Å². The maximum atomic E-state index is 13.6. The van der Waals surface area contributed by atoms with E-state index < -0.39 is 0 Å². The van der Waals surface area contributed by atoms with Crippen molar-refractivity contribution in [2.24, 2.45) is 0 Å². The van der Waals surface area contributed by atoms with Crippen molar-refractivity contribution in [1.82, 2.24) is 0 Å². The number of ketones is 1. The van der Waals surface area contributed by atoms with E-state index in [0.29, 0.717) is 27.9 Å². The number of hydrogen-bond donors (Lipinski definition) is 1. The van der Waals surface area contributed by atoms with Gasteiger partial charge in [0.2, 0.25) is 0 Å². The molecule has 2 nitrogen and oxygen atoms in total. The molecule has 0 heterocycles. The number of hydrogen-bond acceptors (Lipinski definition) is 2. The molecule has 0 unspecified atom stereocenters. The van der Waals surface area contributed by atoms with Crippen LogP contribution in [0.1, 0.15) is 32.6 Å². The molecule has 0 atom stereocenters. The lowest BCUT2D eigenvalue weighted by atomic mass is 9.95. The quantitative estimate of drug-likeness (QED) is 0.655. The van der Waals surface area contributed by atoms with Gasteiger partial charge in [-0.3, -0.25) is 4.79 Å². The van der Waals surface area contributed by atoms with Crippen LogP contribution in [0.4, 0.5) is 10.1 Å². The Morgan fingerprint density at radius 2 is 1.65 bits per heavy atom. The van der Waals surface area contributed by atoms with Gasteiger partial charge in [0.25, 0.3) is 0 Å². The number of benzene rings is 2. The van der Waals surface area contributed by atoms with E-state index in [1.165, 1.54) is 0 Å². The first-order valence-electron chi connectivity index (χ1n) is 6.18. The van der Waals surface area contributed by atoms with Crippen LogP contribution >= 0.6 is 15.9 Å². The van der Waals surface area contributed by atoms with Gasteiger partial charge in [0.05, 0.1) is 0 Å². The second-order valence-corrected chi connectivity index (χ2v) is 5.84. The van der Waals surface area contributed by atoms with Crippen LogP contribution in [-0.2, 0) is 0 Å². The second kappa shape index (κ2) is 5.37. The number of nitrogen functional groups attached to an aromatic ring is 1. The van der Waals surface area contributed by atoms with Crippen molar-refractivity contribution >= 4 is 27.4 Å². The Morgan fingerprint density at radius 1 is 1.10 bits per heavy atom. The van der Waals surface area contributed by atoms with E-state index in [9.17, 15) is 9.18 Å². The van der Waals surface area contributed by atoms with Crippen molar-refractivity contribution < 1.29 is 9.18 Å². The first-order chi connectivity index (χ1) is 9.31. The van der Waals surface area contributed by atoms with Gasteiger partial charge in [-0.25, -0.2) is 4.39 Å². The molecule has 0 aromatic heterocycles. The zero-order valence-electron chi connectivity index (χ0n) is 11.6. The van der Waals surface area contributed by atoms with Crippen molar-refractivity contribution in [2.75, 3.05) is 5.73 Å². The Morgan fingerprint density at radius 3 is 2.20 bits per heavy atom. The van der Waals surface area contributed by atoms with Crippen molar-refractivity contribution in [3.05, 3.63) is 62.4 Å². The third kappa shape index (κ3) is 2.61. The molecular weight excluding hydrogens is 321 g/mol. The third-order valence-corrected chi connectivity index (χ3v) is 3.81. The van der Waals surface area contributed by atoms with Crippen molar-refractivity contribution in [3.8, 4) is 0 Å². The first kappa shape index (κ1) is 14.7. The average Bonchev–Trinajstić information content (AvgIpc) is 2.38. The minimum atomic E-state index is -0.271. The van der Waals surface area contributed by atoms with E-state index in [1.807, 2.05) is 0 Å². The predicted molar refractivity (Wildman–Crippen MR) is 82.6 cm³/mol. The standard InChI is InChI=1S/C16H15BrFNO/c1-8-4-11(5-9(2)15(8)18)16(20)13-6-12(17)7-14(19)10(13)3/h4-7H,19H2,1-3H3. The van der Waals surface area contributed by atoms with Gasteiger partial charge in [0.1, 0.15) is 5.82 Å². The Hall–Kier alpha value is -1.68. The summed E-state index contributed by atoms with van der Waals surface area (Å²) in [4.78, 5) is 12.6. The molecule has 0 aliphatic rings. The lowest BCUT2D eigenvalue weighted by molar-refractivity contribution is 0.103. The molecule has 0 saturated heterocycles. The van der Waals surface area contributed by atoms with Crippen LogP contribution in [-0.4, -0.2) is 5.78 Å². The van der Waals surface area contributed by atoms with Gasteiger partial charge in [-0.1, -0.05) is 15.9 Å².